The van der Waals surface area contributed by atoms with Crippen molar-refractivity contribution in [2.75, 3.05) is 56.7 Å². The van der Waals surface area contributed by atoms with E-state index >= 15 is 4.39 Å². The lowest BCUT2D eigenvalue weighted by Crippen LogP contribution is -2.71. The maximum atomic E-state index is 15.7. The molecule has 2 aromatic heterocycles. The number of pyridine rings is 1. The Morgan fingerprint density at radius 2 is 1.98 bits per heavy atom. The number of likely N-dealkylation sites (N-methyl/N-ethyl adjacent to an activating group) is 1. The molecule has 3 fully saturated rings. The monoisotopic (exact) mass is 788 g/mol. The van der Waals surface area contributed by atoms with Crippen molar-refractivity contribution < 1.29 is 38.6 Å². The number of carboxylic acids is 2. The summed E-state index contributed by atoms with van der Waals surface area (Å²) in [6.07, 6.45) is 3.55. The number of amides is 2. The molecule has 1 saturated carbocycles. The number of hydrogen-bond acceptors (Lipinski definition) is 13. The summed E-state index contributed by atoms with van der Waals surface area (Å²) in [7, 11) is 3.10. The van der Waals surface area contributed by atoms with E-state index in [9.17, 15) is 34.2 Å². The van der Waals surface area contributed by atoms with Crippen molar-refractivity contribution in [2.45, 2.75) is 36.7 Å². The number of nitrogens with two attached hydrogens (primary N) is 1. The number of rotatable bonds is 12. The van der Waals surface area contributed by atoms with Crippen molar-refractivity contribution in [3.05, 3.63) is 61.2 Å². The fraction of sp³-hybridized carbons (Fsp3) is 0.424. The number of benzene rings is 1. The maximum Gasteiger partial charge on any atom is 0.352 e. The van der Waals surface area contributed by atoms with Gasteiger partial charge in [0.05, 0.1) is 21.6 Å². The van der Waals surface area contributed by atoms with Gasteiger partial charge in [-0.05, 0) is 43.9 Å². The van der Waals surface area contributed by atoms with Crippen LogP contribution in [0.15, 0.2) is 38.9 Å². The second-order valence-corrected chi connectivity index (χ2v) is 15.7. The van der Waals surface area contributed by atoms with Crippen molar-refractivity contribution in [2.24, 2.45) is 11.1 Å². The van der Waals surface area contributed by atoms with Crippen LogP contribution in [-0.4, -0.2) is 117 Å². The molecule has 5 N–H and O–H groups in total. The molecule has 3 aliphatic heterocycles. The van der Waals surface area contributed by atoms with Crippen LogP contribution in [0.3, 0.4) is 0 Å². The molecular formula is C33H34ClFN8O8S2. The number of carbonyl (C=O) groups is 4. The molecule has 1 aromatic carbocycles. The van der Waals surface area contributed by atoms with Crippen LogP contribution < -0.4 is 21.4 Å². The Morgan fingerprint density at radius 1 is 1.23 bits per heavy atom. The number of oxime groups is 1. The number of thiazole rings is 1. The summed E-state index contributed by atoms with van der Waals surface area (Å²) in [6.45, 7) is 1.68. The highest BCUT2D eigenvalue weighted by atomic mass is 35.5. The van der Waals surface area contributed by atoms with Gasteiger partial charge in [-0.2, -0.15) is 0 Å². The summed E-state index contributed by atoms with van der Waals surface area (Å²) < 4.78 is 17.4. The Labute approximate surface area is 314 Å². The molecule has 1 aliphatic carbocycles. The predicted octanol–water partition coefficient (Wildman–Crippen LogP) is 2.41. The number of nitrogens with one attached hydrogen (secondary N) is 1. The van der Waals surface area contributed by atoms with Crippen molar-refractivity contribution >= 4 is 85.9 Å². The van der Waals surface area contributed by atoms with Crippen LogP contribution in [0.25, 0.3) is 10.9 Å². The molecule has 2 saturated heterocycles. The highest BCUT2D eigenvalue weighted by Gasteiger charge is 2.54. The van der Waals surface area contributed by atoms with Crippen molar-refractivity contribution in [1.82, 2.24) is 24.7 Å². The lowest BCUT2D eigenvalue weighted by molar-refractivity contribution is -0.150. The van der Waals surface area contributed by atoms with Crippen molar-refractivity contribution in [3.63, 3.8) is 0 Å². The molecule has 4 aliphatic rings. The predicted molar refractivity (Wildman–Crippen MR) is 196 cm³/mol. The number of thioether (sulfide) groups is 1. The number of aromatic nitrogens is 2. The number of aliphatic carboxylic acids is 1. The molecule has 0 radical (unpaired) electrons. The van der Waals surface area contributed by atoms with Crippen LogP contribution in [0, 0.1) is 11.7 Å². The molecule has 20 heteroatoms. The van der Waals surface area contributed by atoms with Crippen LogP contribution in [0.2, 0.25) is 5.02 Å². The van der Waals surface area contributed by atoms with Gasteiger partial charge in [0, 0.05) is 49.6 Å². The van der Waals surface area contributed by atoms with Gasteiger partial charge in [-0.15, -0.1) is 23.1 Å². The van der Waals surface area contributed by atoms with Crippen LogP contribution in [0.5, 0.6) is 0 Å². The van der Waals surface area contributed by atoms with Gasteiger partial charge in [-0.1, -0.05) is 16.8 Å². The van der Waals surface area contributed by atoms with Gasteiger partial charge in [0.15, 0.2) is 10.8 Å². The quantitative estimate of drug-likeness (QED) is 0.118. The van der Waals surface area contributed by atoms with Crippen LogP contribution >= 0.6 is 34.7 Å². The second kappa shape index (κ2) is 14.3. The lowest BCUT2D eigenvalue weighted by atomic mass is 10.0. The summed E-state index contributed by atoms with van der Waals surface area (Å²) >= 11 is 9.28. The molecule has 7 rings (SSSR count). The zero-order valence-corrected chi connectivity index (χ0v) is 30.8. The van der Waals surface area contributed by atoms with Gasteiger partial charge in [-0.3, -0.25) is 19.3 Å². The first kappa shape index (κ1) is 36.6. The van der Waals surface area contributed by atoms with Crippen molar-refractivity contribution in [1.29, 1.82) is 0 Å². The third kappa shape index (κ3) is 6.70. The first-order valence-electron chi connectivity index (χ1n) is 16.6. The normalized spacial score (nSPS) is 21.6. The van der Waals surface area contributed by atoms with E-state index in [1.165, 1.54) is 35.3 Å². The Kier molecular flexibility index (Phi) is 9.85. The second-order valence-electron chi connectivity index (χ2n) is 13.3. The van der Waals surface area contributed by atoms with E-state index in [1.807, 2.05) is 16.8 Å². The SMILES string of the molecule is CON=C(C(=O)N[C@@H]1C(=O)N2C(C(=O)O)=C(CN(C)CC3CCN(c4c(F)cc5c(=O)c(C(=O)O)cn(C6CC6)c5c4Cl)C3)CS[C@H]12)c1csc(N)n1. The average Bonchev–Trinajstić information content (AvgIpc) is 3.71. The minimum absolute atomic E-state index is 0.0289. The topological polar surface area (TPSA) is 213 Å². The highest BCUT2D eigenvalue weighted by Crippen LogP contribution is 2.44. The summed E-state index contributed by atoms with van der Waals surface area (Å²) in [4.78, 5) is 77.5. The van der Waals surface area contributed by atoms with Crippen LogP contribution in [0.1, 0.15) is 41.4 Å². The number of carbonyl (C=O) groups excluding carboxylic acids is 2. The molecule has 0 bridgehead atoms. The maximum absolute atomic E-state index is 15.7. The van der Waals surface area contributed by atoms with E-state index in [4.69, 9.17) is 22.2 Å². The van der Waals surface area contributed by atoms with Gasteiger partial charge in [-0.25, -0.2) is 19.0 Å². The van der Waals surface area contributed by atoms with Gasteiger partial charge in [0.1, 0.15) is 41.3 Å². The van der Waals surface area contributed by atoms with E-state index < -0.39 is 52.0 Å². The lowest BCUT2D eigenvalue weighted by Gasteiger charge is -2.49. The number of fused-ring (bicyclic) bond motifs is 2. The fourth-order valence-electron chi connectivity index (χ4n) is 7.24. The van der Waals surface area contributed by atoms with E-state index in [2.05, 4.69) is 15.5 Å². The largest absolute Gasteiger partial charge is 0.477 e. The first-order chi connectivity index (χ1) is 25.3. The summed E-state index contributed by atoms with van der Waals surface area (Å²) in [5.41, 5.74) is 5.36. The Hall–Kier alpha value is -4.72. The molecule has 1 unspecified atom stereocenters. The van der Waals surface area contributed by atoms with E-state index in [-0.39, 0.29) is 56.8 Å². The smallest absolute Gasteiger partial charge is 0.352 e. The number of nitrogens with zero attached hydrogens (tertiary/aromatic N) is 6. The molecule has 5 heterocycles. The van der Waals surface area contributed by atoms with Crippen molar-refractivity contribution in [3.8, 4) is 0 Å². The molecule has 3 atom stereocenters. The van der Waals surface area contributed by atoms with Gasteiger partial charge < -0.3 is 40.5 Å². The average molecular weight is 789 g/mol. The number of nitrogen functional groups attached to an aromatic ring is 1. The third-order valence-corrected chi connectivity index (χ3v) is 12.1. The zero-order chi connectivity index (χ0) is 37.9. The Bertz CT molecular complexity index is 2190. The van der Waals surface area contributed by atoms with Gasteiger partial charge in [0.2, 0.25) is 5.43 Å². The van der Waals surface area contributed by atoms with Gasteiger partial charge in [0.25, 0.3) is 11.8 Å². The van der Waals surface area contributed by atoms with E-state index in [1.54, 1.807) is 4.57 Å². The third-order valence-electron chi connectivity index (χ3n) is 9.69. The summed E-state index contributed by atoms with van der Waals surface area (Å²) in [5.74, 6) is -4.31. The molecule has 16 nitrogen and oxygen atoms in total. The summed E-state index contributed by atoms with van der Waals surface area (Å²) in [6, 6.07) is 0.0523. The van der Waals surface area contributed by atoms with Crippen LogP contribution in [-0.2, 0) is 19.2 Å². The van der Waals surface area contributed by atoms with E-state index in [0.29, 0.717) is 42.9 Å². The molecule has 0 spiro atoms. The number of halogens is 2. The number of hydrogen-bond donors (Lipinski definition) is 4. The minimum atomic E-state index is -1.39. The number of carboxylic acid groups (broad SMARTS) is 2. The number of aromatic carboxylic acids is 1. The minimum Gasteiger partial charge on any atom is -0.477 e. The summed E-state index contributed by atoms with van der Waals surface area (Å²) in [5, 5.41) is 27.2. The fourth-order valence-corrected chi connectivity index (χ4v) is 9.53. The first-order valence-corrected chi connectivity index (χ1v) is 18.9. The van der Waals surface area contributed by atoms with Crippen LogP contribution in [0.4, 0.5) is 15.2 Å². The molecule has 53 heavy (non-hydrogen) atoms. The number of β-lactam (4-membered cyclic amide) rings is 1. The Morgan fingerprint density at radius 3 is 2.62 bits per heavy atom. The highest BCUT2D eigenvalue weighted by molar-refractivity contribution is 8.00. The zero-order valence-electron chi connectivity index (χ0n) is 28.4. The molecule has 2 amide bonds. The number of anilines is 2. The molecule has 280 valence electrons. The van der Waals surface area contributed by atoms with E-state index in [0.717, 1.165) is 30.2 Å². The standard InChI is InChI=1S/C33H34ClFN8O8S2/c1-40(8-14-5-6-41(9-14)26-19(35)7-17-25(21(26)34)42(16-3-4-16)11-18(27(17)44)31(47)48)10-15-12-52-30-23(29(46)43(30)24(15)32(49)50)38-28(45)22(39-51-2)20-13-53-33(36)37-20/h7,11,13-14,16,23,30H,3-6,8-10,12H2,1-2H3,(H2,36,37)(H,38,45)(H,47,48)(H,49,50)/t14?,23-,30-/m1/s1. The molecular weight excluding hydrogens is 755 g/mol. The Balaban J connectivity index is 1.03. The molecule has 3 aromatic rings. The van der Waals surface area contributed by atoms with Gasteiger partial charge >= 0.3 is 11.9 Å².